The molecule has 0 unspecified atom stereocenters. The minimum atomic E-state index is -0.00694. The van der Waals surface area contributed by atoms with Crippen LogP contribution in [0.4, 0.5) is 0 Å². The Bertz CT molecular complexity index is 32.7. The monoisotopic (exact) mass is 129 g/mol. The molecule has 0 aliphatic rings. The van der Waals surface area contributed by atoms with Crippen LogP contribution >= 0.6 is 23.6 Å². The molecule has 0 aliphatic heterocycles. The van der Waals surface area contributed by atoms with Gasteiger partial charge >= 0.3 is 0 Å². The van der Waals surface area contributed by atoms with Gasteiger partial charge in [-0.3, -0.25) is 0 Å². The predicted molar refractivity (Wildman–Crippen MR) is 25.5 cm³/mol. The highest BCUT2D eigenvalue weighted by atomic mass is 35.5. The van der Waals surface area contributed by atoms with E-state index in [0.717, 1.165) is 3.94 Å². The Morgan fingerprint density at radius 2 is 2.00 bits per heavy atom. The molecule has 0 atom stereocenters. The summed E-state index contributed by atoms with van der Waals surface area (Å²) in [4.78, 5) is 0. The summed E-state index contributed by atoms with van der Waals surface area (Å²) in [6.45, 7) is 0.288. The zero-order valence-corrected chi connectivity index (χ0v) is 4.58. The molecule has 0 fully saturated rings. The largest absolute Gasteiger partial charge is 0.395 e. The van der Waals surface area contributed by atoms with Gasteiger partial charge in [0.25, 0.3) is 0 Å². The molecule has 0 rings (SSSR count). The molecule has 38 valence electrons. The van der Waals surface area contributed by atoms with Gasteiger partial charge in [0, 0.05) is 0 Å². The lowest BCUT2D eigenvalue weighted by Crippen LogP contribution is -2.03. The molecule has 0 aromatic rings. The molecule has 0 aromatic carbocycles. The van der Waals surface area contributed by atoms with E-state index in [1.165, 1.54) is 0 Å². The van der Waals surface area contributed by atoms with Gasteiger partial charge in [-0.2, -0.15) is 0 Å². The number of rotatable bonds is 2. The lowest BCUT2D eigenvalue weighted by atomic mass is 10.8. The number of aliphatic hydroxyl groups is 1. The first-order chi connectivity index (χ1) is 2.77. The quantitative estimate of drug-likeness (QED) is 0.553. The van der Waals surface area contributed by atoms with E-state index in [2.05, 4.69) is 0 Å². The van der Waals surface area contributed by atoms with Crippen LogP contribution in [0.5, 0.6) is 0 Å². The summed E-state index contributed by atoms with van der Waals surface area (Å²) >= 11 is 10.0. The second-order valence-corrected chi connectivity index (χ2v) is 1.74. The first-order valence-electron chi connectivity index (χ1n) is 1.47. The molecule has 2 nitrogen and oxygen atoms in total. The number of hydrogen-bond donors (Lipinski definition) is 1. The molecular formula is C2H5Cl2NO. The third kappa shape index (κ3) is 4.50. The van der Waals surface area contributed by atoms with Gasteiger partial charge in [0.05, 0.1) is 13.2 Å². The maximum Gasteiger partial charge on any atom is 0.0585 e. The summed E-state index contributed by atoms with van der Waals surface area (Å²) in [5.41, 5.74) is 0. The van der Waals surface area contributed by atoms with Crippen molar-refractivity contribution >= 4 is 23.6 Å². The van der Waals surface area contributed by atoms with Gasteiger partial charge in [-0.1, -0.05) is 0 Å². The Hall–Kier alpha value is 0.500. The first-order valence-corrected chi connectivity index (χ1v) is 2.15. The highest BCUT2D eigenvalue weighted by Crippen LogP contribution is 1.94. The third-order valence-corrected chi connectivity index (χ3v) is 0.607. The fourth-order valence-electron chi connectivity index (χ4n) is 0.0756. The van der Waals surface area contributed by atoms with E-state index in [-0.39, 0.29) is 6.61 Å². The number of halogens is 2. The van der Waals surface area contributed by atoms with Crippen LogP contribution < -0.4 is 0 Å². The van der Waals surface area contributed by atoms with Crippen LogP contribution in [0, 0.1) is 0 Å². The third-order valence-electron chi connectivity index (χ3n) is 0.269. The smallest absolute Gasteiger partial charge is 0.0585 e. The van der Waals surface area contributed by atoms with Crippen molar-refractivity contribution in [2.45, 2.75) is 0 Å². The normalized spacial score (nSPS) is 10.0. The molecule has 0 saturated carbocycles. The molecule has 0 heterocycles. The van der Waals surface area contributed by atoms with Crippen LogP contribution in [0.25, 0.3) is 0 Å². The molecule has 0 amide bonds. The summed E-state index contributed by atoms with van der Waals surface area (Å²) in [7, 11) is 0. The Morgan fingerprint density at radius 3 is 2.00 bits per heavy atom. The Kier molecular flexibility index (Phi) is 3.99. The van der Waals surface area contributed by atoms with Crippen molar-refractivity contribution in [3.8, 4) is 0 Å². The van der Waals surface area contributed by atoms with Gasteiger partial charge in [0.15, 0.2) is 0 Å². The van der Waals surface area contributed by atoms with Gasteiger partial charge in [0.1, 0.15) is 0 Å². The minimum absolute atomic E-state index is 0.00694. The summed E-state index contributed by atoms with van der Waals surface area (Å²) in [5, 5.41) is 8.03. The van der Waals surface area contributed by atoms with Crippen LogP contribution in [0.15, 0.2) is 0 Å². The van der Waals surface area contributed by atoms with Crippen molar-refractivity contribution in [3.63, 3.8) is 0 Å². The lowest BCUT2D eigenvalue weighted by molar-refractivity contribution is 0.285. The highest BCUT2D eigenvalue weighted by Gasteiger charge is 1.87. The van der Waals surface area contributed by atoms with Gasteiger partial charge in [-0.15, -0.1) is 3.94 Å². The molecule has 4 heteroatoms. The second-order valence-electron chi connectivity index (χ2n) is 0.750. The summed E-state index contributed by atoms with van der Waals surface area (Å²) in [5.74, 6) is 0. The molecular weight excluding hydrogens is 125 g/mol. The first kappa shape index (κ1) is 6.50. The molecule has 0 saturated heterocycles. The van der Waals surface area contributed by atoms with Crippen molar-refractivity contribution in [3.05, 3.63) is 0 Å². The fourth-order valence-corrected chi connectivity index (χ4v) is 0.227. The van der Waals surface area contributed by atoms with E-state index < -0.39 is 0 Å². The summed E-state index contributed by atoms with van der Waals surface area (Å²) < 4.78 is 0.875. The summed E-state index contributed by atoms with van der Waals surface area (Å²) in [6.07, 6.45) is 0. The molecule has 0 aromatic heterocycles. The molecule has 6 heavy (non-hydrogen) atoms. The highest BCUT2D eigenvalue weighted by molar-refractivity contribution is 6.33. The standard InChI is InChI=1S/C2H5Cl2NO/c3-5(4)1-2-6/h6H,1-2H2. The molecule has 1 N–H and O–H groups in total. The maximum absolute atomic E-state index is 8.03. The maximum atomic E-state index is 8.03. The van der Waals surface area contributed by atoms with E-state index >= 15 is 0 Å². The average molecular weight is 130 g/mol. The van der Waals surface area contributed by atoms with Crippen molar-refractivity contribution < 1.29 is 5.11 Å². The zero-order valence-electron chi connectivity index (χ0n) is 3.06. The second kappa shape index (κ2) is 3.68. The van der Waals surface area contributed by atoms with Crippen LogP contribution in [-0.4, -0.2) is 22.2 Å². The molecule has 0 radical (unpaired) electrons. The topological polar surface area (TPSA) is 23.5 Å². The van der Waals surface area contributed by atoms with Crippen LogP contribution in [0.3, 0.4) is 0 Å². The van der Waals surface area contributed by atoms with Crippen molar-refractivity contribution in [2.24, 2.45) is 0 Å². The number of aliphatic hydroxyl groups excluding tert-OH is 1. The van der Waals surface area contributed by atoms with Crippen LogP contribution in [0.1, 0.15) is 0 Å². The Labute approximate surface area is 46.5 Å². The fraction of sp³-hybridized carbons (Fsp3) is 1.00. The van der Waals surface area contributed by atoms with E-state index in [4.69, 9.17) is 28.7 Å². The molecule has 0 aliphatic carbocycles. The van der Waals surface area contributed by atoms with Crippen molar-refractivity contribution in [1.29, 1.82) is 0 Å². The zero-order chi connectivity index (χ0) is 4.99. The minimum Gasteiger partial charge on any atom is -0.395 e. The van der Waals surface area contributed by atoms with Crippen LogP contribution in [-0.2, 0) is 0 Å². The van der Waals surface area contributed by atoms with Gasteiger partial charge in [-0.05, 0) is 23.6 Å². The Morgan fingerprint density at radius 1 is 1.50 bits per heavy atom. The number of nitrogens with zero attached hydrogens (tertiary/aromatic N) is 1. The van der Waals surface area contributed by atoms with E-state index in [1.54, 1.807) is 0 Å². The van der Waals surface area contributed by atoms with Gasteiger partial charge in [0.2, 0.25) is 0 Å². The van der Waals surface area contributed by atoms with Crippen molar-refractivity contribution in [2.75, 3.05) is 13.2 Å². The van der Waals surface area contributed by atoms with E-state index in [9.17, 15) is 0 Å². The van der Waals surface area contributed by atoms with E-state index in [1.807, 2.05) is 0 Å². The van der Waals surface area contributed by atoms with Gasteiger partial charge in [-0.25, -0.2) is 0 Å². The molecule has 0 bridgehead atoms. The number of hydrogen-bond acceptors (Lipinski definition) is 2. The molecule has 0 spiro atoms. The SMILES string of the molecule is OCCN(Cl)Cl. The summed E-state index contributed by atoms with van der Waals surface area (Å²) in [6, 6.07) is 0. The lowest BCUT2D eigenvalue weighted by Gasteiger charge is -1.95. The van der Waals surface area contributed by atoms with Crippen LogP contribution in [0.2, 0.25) is 0 Å². The van der Waals surface area contributed by atoms with Crippen molar-refractivity contribution in [1.82, 2.24) is 3.94 Å². The predicted octanol–water partition coefficient (Wildman–Crippen LogP) is 0.588. The van der Waals surface area contributed by atoms with Gasteiger partial charge < -0.3 is 5.11 Å². The van der Waals surface area contributed by atoms with E-state index in [0.29, 0.717) is 6.54 Å². The Balaban J connectivity index is 2.63. The average Bonchev–Trinajstić information content (AvgIpc) is 1.35.